The van der Waals surface area contributed by atoms with Crippen LogP contribution in [0.3, 0.4) is 0 Å². The molecule has 0 amide bonds. The summed E-state index contributed by atoms with van der Waals surface area (Å²) >= 11 is 0. The molecule has 0 saturated heterocycles. The number of nitrogens with two attached hydrogens (primary N) is 2. The van der Waals surface area contributed by atoms with Gasteiger partial charge in [0.15, 0.2) is 0 Å². The molecule has 19 heavy (non-hydrogen) atoms. The van der Waals surface area contributed by atoms with Crippen molar-refractivity contribution in [1.82, 2.24) is 0 Å². The van der Waals surface area contributed by atoms with Crippen molar-refractivity contribution in [2.45, 2.75) is 4.90 Å². The molecule has 2 aromatic carbocycles. The van der Waals surface area contributed by atoms with E-state index >= 15 is 0 Å². The van der Waals surface area contributed by atoms with Gasteiger partial charge in [-0.3, -0.25) is 4.55 Å². The second-order valence-electron chi connectivity index (χ2n) is 3.98. The minimum absolute atomic E-state index is 0.188. The molecule has 6 N–H and O–H groups in total. The van der Waals surface area contributed by atoms with Crippen LogP contribution in [0.2, 0.25) is 0 Å². The zero-order valence-corrected chi connectivity index (χ0v) is 10.7. The maximum Gasteiger partial charge on any atom is 0.296 e. The summed E-state index contributed by atoms with van der Waals surface area (Å²) in [4.78, 5) is -0.246. The highest BCUT2D eigenvalue weighted by Gasteiger charge is 2.15. The second kappa shape index (κ2) is 4.79. The highest BCUT2D eigenvalue weighted by molar-refractivity contribution is 7.86. The summed E-state index contributed by atoms with van der Waals surface area (Å²) in [7, 11) is -4.33. The van der Waals surface area contributed by atoms with E-state index in [1.165, 1.54) is 18.2 Å². The van der Waals surface area contributed by atoms with E-state index in [1.807, 2.05) is 0 Å². The van der Waals surface area contributed by atoms with Crippen molar-refractivity contribution < 1.29 is 13.0 Å². The Hall–Kier alpha value is -2.25. The van der Waals surface area contributed by atoms with Crippen LogP contribution in [0.15, 0.2) is 47.4 Å². The lowest BCUT2D eigenvalue weighted by Crippen LogP contribution is -2.04. The van der Waals surface area contributed by atoms with Crippen molar-refractivity contribution in [1.29, 1.82) is 0 Å². The van der Waals surface area contributed by atoms with Crippen LogP contribution in [0, 0.1) is 0 Å². The van der Waals surface area contributed by atoms with Gasteiger partial charge >= 0.3 is 0 Å². The summed E-state index contributed by atoms with van der Waals surface area (Å²) < 4.78 is 31.7. The Balaban J connectivity index is 2.47. The summed E-state index contributed by atoms with van der Waals surface area (Å²) in [5.41, 5.74) is 12.9. The van der Waals surface area contributed by atoms with E-state index in [0.717, 1.165) is 0 Å². The molecule has 0 atom stereocenters. The third-order valence-corrected chi connectivity index (χ3v) is 3.36. The first-order valence-corrected chi connectivity index (χ1v) is 6.80. The highest BCUT2D eigenvalue weighted by Crippen LogP contribution is 2.27. The van der Waals surface area contributed by atoms with Gasteiger partial charge in [0.2, 0.25) is 0 Å². The van der Waals surface area contributed by atoms with Crippen LogP contribution in [0.5, 0.6) is 0 Å². The lowest BCUT2D eigenvalue weighted by atomic mass is 10.2. The Bertz CT molecular complexity index is 714. The molecular weight excluding hydrogens is 266 g/mol. The first-order chi connectivity index (χ1) is 8.86. The quantitative estimate of drug-likeness (QED) is 0.503. The minimum Gasteiger partial charge on any atom is -0.399 e. The minimum atomic E-state index is -4.33. The Morgan fingerprint density at radius 2 is 1.68 bits per heavy atom. The number of anilines is 4. The van der Waals surface area contributed by atoms with Gasteiger partial charge in [-0.2, -0.15) is 8.42 Å². The fourth-order valence-corrected chi connectivity index (χ4v) is 2.27. The zero-order chi connectivity index (χ0) is 14.0. The average Bonchev–Trinajstić information content (AvgIpc) is 2.27. The number of hydrogen-bond donors (Lipinski definition) is 4. The molecule has 100 valence electrons. The van der Waals surface area contributed by atoms with Crippen LogP contribution < -0.4 is 16.8 Å². The van der Waals surface area contributed by atoms with Crippen LogP contribution in [-0.4, -0.2) is 13.0 Å². The molecule has 0 aliphatic rings. The molecule has 0 saturated carbocycles. The Morgan fingerprint density at radius 1 is 1.00 bits per heavy atom. The van der Waals surface area contributed by atoms with Crippen molar-refractivity contribution >= 4 is 32.9 Å². The second-order valence-corrected chi connectivity index (χ2v) is 5.37. The van der Waals surface area contributed by atoms with E-state index in [9.17, 15) is 8.42 Å². The number of nitrogens with one attached hydrogen (secondary N) is 1. The molecule has 0 aliphatic carbocycles. The highest BCUT2D eigenvalue weighted by atomic mass is 32.2. The van der Waals surface area contributed by atoms with Crippen molar-refractivity contribution in [2.75, 3.05) is 16.8 Å². The maximum atomic E-state index is 11.3. The van der Waals surface area contributed by atoms with Crippen LogP contribution in [-0.2, 0) is 10.1 Å². The third kappa shape index (κ3) is 3.15. The van der Waals surface area contributed by atoms with Crippen LogP contribution in [0.25, 0.3) is 0 Å². The number of rotatable bonds is 3. The molecule has 7 heteroatoms. The number of benzene rings is 2. The summed E-state index contributed by atoms with van der Waals surface area (Å²) in [5, 5.41) is 2.86. The fourth-order valence-electron chi connectivity index (χ4n) is 1.64. The smallest absolute Gasteiger partial charge is 0.296 e. The summed E-state index contributed by atoms with van der Waals surface area (Å²) in [6.07, 6.45) is 0. The lowest BCUT2D eigenvalue weighted by molar-refractivity contribution is 0.483. The molecule has 0 spiro atoms. The van der Waals surface area contributed by atoms with Gasteiger partial charge in [-0.15, -0.1) is 0 Å². The monoisotopic (exact) mass is 279 g/mol. The molecule has 0 fully saturated rings. The normalized spacial score (nSPS) is 11.2. The Morgan fingerprint density at radius 3 is 2.32 bits per heavy atom. The number of nitrogen functional groups attached to an aromatic ring is 2. The van der Waals surface area contributed by atoms with E-state index in [-0.39, 0.29) is 10.6 Å². The molecule has 0 radical (unpaired) electrons. The van der Waals surface area contributed by atoms with E-state index in [0.29, 0.717) is 17.1 Å². The molecule has 0 aliphatic heterocycles. The largest absolute Gasteiger partial charge is 0.399 e. The maximum absolute atomic E-state index is 11.3. The standard InChI is InChI=1S/C12H13N3O3S/c13-8-2-1-3-10(6-8)15-11-7-9(14)4-5-12(11)19(16,17)18/h1-7,15H,13-14H2,(H,16,17,18). The molecule has 6 nitrogen and oxygen atoms in total. The predicted octanol–water partition coefficient (Wildman–Crippen LogP) is 1.84. The average molecular weight is 279 g/mol. The molecule has 0 aromatic heterocycles. The number of hydrogen-bond acceptors (Lipinski definition) is 5. The van der Waals surface area contributed by atoms with E-state index < -0.39 is 10.1 Å². The molecule has 2 aromatic rings. The topological polar surface area (TPSA) is 118 Å². The Labute approximate surface area is 110 Å². The van der Waals surface area contributed by atoms with Gasteiger partial charge < -0.3 is 16.8 Å². The molecular formula is C12H13N3O3S. The van der Waals surface area contributed by atoms with Gasteiger partial charge in [0.05, 0.1) is 5.69 Å². The van der Waals surface area contributed by atoms with Gasteiger partial charge in [-0.25, -0.2) is 0 Å². The third-order valence-electron chi connectivity index (χ3n) is 2.45. The lowest BCUT2D eigenvalue weighted by Gasteiger charge is -2.11. The van der Waals surface area contributed by atoms with Crippen molar-refractivity contribution in [2.24, 2.45) is 0 Å². The van der Waals surface area contributed by atoms with Crippen molar-refractivity contribution in [3.63, 3.8) is 0 Å². The fraction of sp³-hybridized carbons (Fsp3) is 0. The van der Waals surface area contributed by atoms with Crippen molar-refractivity contribution in [3.8, 4) is 0 Å². The molecule has 0 unspecified atom stereocenters. The van der Waals surface area contributed by atoms with Gasteiger partial charge in [0.1, 0.15) is 4.90 Å². The van der Waals surface area contributed by atoms with E-state index in [2.05, 4.69) is 5.32 Å². The van der Waals surface area contributed by atoms with Gasteiger partial charge in [-0.05, 0) is 36.4 Å². The molecule has 2 rings (SSSR count). The van der Waals surface area contributed by atoms with Crippen molar-refractivity contribution in [3.05, 3.63) is 42.5 Å². The van der Waals surface area contributed by atoms with Gasteiger partial charge in [0.25, 0.3) is 10.1 Å². The zero-order valence-electron chi connectivity index (χ0n) is 9.87. The predicted molar refractivity (Wildman–Crippen MR) is 74.8 cm³/mol. The summed E-state index contributed by atoms with van der Waals surface area (Å²) in [6, 6.07) is 10.8. The van der Waals surface area contributed by atoms with Crippen LogP contribution in [0.1, 0.15) is 0 Å². The SMILES string of the molecule is Nc1cccc(Nc2cc(N)ccc2S(=O)(=O)O)c1. The van der Waals surface area contributed by atoms with Crippen LogP contribution >= 0.6 is 0 Å². The first-order valence-electron chi connectivity index (χ1n) is 5.36. The molecule has 0 heterocycles. The van der Waals surface area contributed by atoms with Crippen LogP contribution in [0.4, 0.5) is 22.7 Å². The van der Waals surface area contributed by atoms with Gasteiger partial charge in [0, 0.05) is 17.1 Å². The molecule has 0 bridgehead atoms. The van der Waals surface area contributed by atoms with Gasteiger partial charge in [-0.1, -0.05) is 6.07 Å². The summed E-state index contributed by atoms with van der Waals surface area (Å²) in [6.45, 7) is 0. The summed E-state index contributed by atoms with van der Waals surface area (Å²) in [5.74, 6) is 0. The Kier molecular flexibility index (Phi) is 3.32. The first kappa shape index (κ1) is 13.2. The van der Waals surface area contributed by atoms with E-state index in [1.54, 1.807) is 24.3 Å². The van der Waals surface area contributed by atoms with E-state index in [4.69, 9.17) is 16.0 Å².